The van der Waals surface area contributed by atoms with Crippen molar-refractivity contribution in [3.05, 3.63) is 35.8 Å². The highest BCUT2D eigenvalue weighted by molar-refractivity contribution is 5.89. The van der Waals surface area contributed by atoms with E-state index in [4.69, 9.17) is 14.7 Å². The number of carbonyl (C=O) groups is 1. The molecular weight excluding hydrogens is 286 g/mol. The van der Waals surface area contributed by atoms with Crippen LogP contribution in [-0.2, 0) is 4.74 Å². The van der Waals surface area contributed by atoms with Crippen molar-refractivity contribution in [2.24, 2.45) is 0 Å². The summed E-state index contributed by atoms with van der Waals surface area (Å²) in [5.41, 5.74) is 0.900. The summed E-state index contributed by atoms with van der Waals surface area (Å²) in [6, 6.07) is 7.02. The maximum atomic E-state index is 11.5. The Kier molecular flexibility index (Phi) is 4.53. The minimum Gasteiger partial charge on any atom is -0.493 e. The molecule has 0 amide bonds. The van der Waals surface area contributed by atoms with Crippen molar-refractivity contribution in [2.45, 2.75) is 0 Å². The zero-order chi connectivity index (χ0) is 16.1. The molecule has 0 bridgehead atoms. The van der Waals surface area contributed by atoms with E-state index in [1.54, 1.807) is 18.2 Å². The van der Waals surface area contributed by atoms with Gasteiger partial charge in [-0.3, -0.25) is 0 Å². The third-order valence-corrected chi connectivity index (χ3v) is 2.94. The minimum absolute atomic E-state index is 0.0980. The van der Waals surface area contributed by atoms with Crippen LogP contribution in [0.3, 0.4) is 0 Å². The molecule has 0 saturated heterocycles. The maximum Gasteiger partial charge on any atom is 0.359 e. The highest BCUT2D eigenvalue weighted by Crippen LogP contribution is 2.31. The van der Waals surface area contributed by atoms with E-state index in [0.717, 1.165) is 0 Å². The number of hydrogen-bond acceptors (Lipinski definition) is 7. The number of methoxy groups -OCH3 is 3. The number of carbonyl (C=O) groups excluding carboxylic acids is 1. The third-order valence-electron chi connectivity index (χ3n) is 2.94. The summed E-state index contributed by atoms with van der Waals surface area (Å²) in [7, 11) is 4.28. The highest BCUT2D eigenvalue weighted by atomic mass is 16.5. The van der Waals surface area contributed by atoms with Gasteiger partial charge in [0.2, 0.25) is 0 Å². The van der Waals surface area contributed by atoms with Crippen LogP contribution in [-0.4, -0.2) is 37.3 Å². The Morgan fingerprint density at radius 3 is 2.50 bits per heavy atom. The molecule has 0 atom stereocenters. The largest absolute Gasteiger partial charge is 0.493 e. The summed E-state index contributed by atoms with van der Waals surface area (Å²) in [4.78, 5) is 19.6. The molecule has 2 rings (SSSR count). The van der Waals surface area contributed by atoms with Gasteiger partial charge in [-0.2, -0.15) is 5.26 Å². The molecule has 0 unspecified atom stereocenters. The second-order valence-electron chi connectivity index (χ2n) is 4.13. The third kappa shape index (κ3) is 2.81. The number of nitrogens with zero attached hydrogens (tertiary/aromatic N) is 3. The fourth-order valence-electron chi connectivity index (χ4n) is 1.85. The Bertz CT molecular complexity index is 753. The topological polar surface area (TPSA) is 94.3 Å². The predicted molar refractivity (Wildman–Crippen MR) is 76.6 cm³/mol. The number of rotatable bonds is 4. The van der Waals surface area contributed by atoms with Gasteiger partial charge in [0.15, 0.2) is 22.9 Å². The molecule has 0 fully saturated rings. The number of hydrogen-bond donors (Lipinski definition) is 0. The average molecular weight is 299 g/mol. The van der Waals surface area contributed by atoms with E-state index >= 15 is 0 Å². The van der Waals surface area contributed by atoms with E-state index in [9.17, 15) is 4.79 Å². The number of nitriles is 1. The van der Waals surface area contributed by atoms with Gasteiger partial charge in [-0.05, 0) is 18.2 Å². The van der Waals surface area contributed by atoms with E-state index in [-0.39, 0.29) is 11.4 Å². The molecule has 22 heavy (non-hydrogen) atoms. The lowest BCUT2D eigenvalue weighted by molar-refractivity contribution is 0.0593. The van der Waals surface area contributed by atoms with Gasteiger partial charge in [0.1, 0.15) is 6.07 Å². The quantitative estimate of drug-likeness (QED) is 0.795. The molecule has 7 nitrogen and oxygen atoms in total. The molecule has 7 heteroatoms. The molecular formula is C15H13N3O4. The van der Waals surface area contributed by atoms with Gasteiger partial charge in [-0.1, -0.05) is 0 Å². The first-order valence-electron chi connectivity index (χ1n) is 6.22. The zero-order valence-electron chi connectivity index (χ0n) is 12.3. The lowest BCUT2D eigenvalue weighted by atomic mass is 10.1. The van der Waals surface area contributed by atoms with Crippen molar-refractivity contribution in [3.63, 3.8) is 0 Å². The monoisotopic (exact) mass is 299 g/mol. The second kappa shape index (κ2) is 6.54. The Balaban J connectivity index is 2.50. The van der Waals surface area contributed by atoms with Crippen LogP contribution in [0.25, 0.3) is 11.3 Å². The van der Waals surface area contributed by atoms with Crippen molar-refractivity contribution in [2.75, 3.05) is 21.3 Å². The van der Waals surface area contributed by atoms with Gasteiger partial charge in [0, 0.05) is 5.56 Å². The van der Waals surface area contributed by atoms with Crippen molar-refractivity contribution in [1.82, 2.24) is 9.97 Å². The first-order chi connectivity index (χ1) is 10.6. The summed E-state index contributed by atoms with van der Waals surface area (Å²) in [6.07, 6.45) is 1.40. The minimum atomic E-state index is -0.706. The van der Waals surface area contributed by atoms with Gasteiger partial charge in [0.05, 0.1) is 33.2 Å². The van der Waals surface area contributed by atoms with Crippen molar-refractivity contribution < 1.29 is 19.0 Å². The lowest BCUT2D eigenvalue weighted by Crippen LogP contribution is -2.09. The SMILES string of the molecule is COC(=O)c1ncc(-c2ccc(OC)c(OC)c2)nc1C#N. The van der Waals surface area contributed by atoms with Crippen LogP contribution < -0.4 is 9.47 Å². The van der Waals surface area contributed by atoms with Crippen LogP contribution in [0.15, 0.2) is 24.4 Å². The molecule has 0 aliphatic heterocycles. The fraction of sp³-hybridized carbons (Fsp3) is 0.200. The van der Waals surface area contributed by atoms with Crippen LogP contribution in [0.1, 0.15) is 16.2 Å². The molecule has 0 aliphatic rings. The van der Waals surface area contributed by atoms with Crippen molar-refractivity contribution >= 4 is 5.97 Å². The van der Waals surface area contributed by atoms with Crippen molar-refractivity contribution in [1.29, 1.82) is 5.26 Å². The molecule has 2 aromatic rings. The number of aromatic nitrogens is 2. The van der Waals surface area contributed by atoms with Crippen LogP contribution in [0, 0.1) is 11.3 Å². The highest BCUT2D eigenvalue weighted by Gasteiger charge is 2.17. The standard InChI is InChI=1S/C15H13N3O4/c1-20-12-5-4-9(6-13(12)21-2)11-8-17-14(15(19)22-3)10(7-16)18-11/h4-6,8H,1-3H3. The van der Waals surface area contributed by atoms with Gasteiger partial charge >= 0.3 is 5.97 Å². The van der Waals surface area contributed by atoms with E-state index in [1.165, 1.54) is 27.5 Å². The summed E-state index contributed by atoms with van der Waals surface area (Å²) < 4.78 is 14.9. The van der Waals surface area contributed by atoms with E-state index in [0.29, 0.717) is 22.8 Å². The van der Waals surface area contributed by atoms with E-state index in [2.05, 4.69) is 14.7 Å². The van der Waals surface area contributed by atoms with Gasteiger partial charge < -0.3 is 14.2 Å². The molecule has 0 saturated carbocycles. The van der Waals surface area contributed by atoms with E-state index in [1.807, 2.05) is 6.07 Å². The lowest BCUT2D eigenvalue weighted by Gasteiger charge is -2.09. The molecule has 0 N–H and O–H groups in total. The smallest absolute Gasteiger partial charge is 0.359 e. The Labute approximate surface area is 127 Å². The van der Waals surface area contributed by atoms with Crippen molar-refractivity contribution in [3.8, 4) is 28.8 Å². The molecule has 1 heterocycles. The second-order valence-corrected chi connectivity index (χ2v) is 4.13. The summed E-state index contributed by atoms with van der Waals surface area (Å²) in [5.74, 6) is 0.395. The number of ether oxygens (including phenoxy) is 3. The van der Waals surface area contributed by atoms with E-state index < -0.39 is 5.97 Å². The van der Waals surface area contributed by atoms with Crippen LogP contribution in [0.2, 0.25) is 0 Å². The molecule has 1 aromatic carbocycles. The zero-order valence-corrected chi connectivity index (χ0v) is 12.3. The van der Waals surface area contributed by atoms with Gasteiger partial charge in [0.25, 0.3) is 0 Å². The van der Waals surface area contributed by atoms with Gasteiger partial charge in [-0.25, -0.2) is 14.8 Å². The number of esters is 1. The van der Waals surface area contributed by atoms with Crippen LogP contribution >= 0.6 is 0 Å². The van der Waals surface area contributed by atoms with Crippen LogP contribution in [0.4, 0.5) is 0 Å². The Morgan fingerprint density at radius 1 is 1.18 bits per heavy atom. The van der Waals surface area contributed by atoms with Crippen LogP contribution in [0.5, 0.6) is 11.5 Å². The molecule has 0 radical (unpaired) electrons. The molecule has 1 aromatic heterocycles. The fourth-order valence-corrected chi connectivity index (χ4v) is 1.85. The summed E-state index contributed by atoms with van der Waals surface area (Å²) in [6.45, 7) is 0. The first-order valence-corrected chi connectivity index (χ1v) is 6.22. The summed E-state index contributed by atoms with van der Waals surface area (Å²) in [5, 5.41) is 9.11. The normalized spacial score (nSPS) is 9.73. The van der Waals surface area contributed by atoms with Gasteiger partial charge in [-0.15, -0.1) is 0 Å². The molecule has 112 valence electrons. The summed E-state index contributed by atoms with van der Waals surface area (Å²) >= 11 is 0. The molecule has 0 spiro atoms. The molecule has 0 aliphatic carbocycles. The first kappa shape index (κ1) is 15.3. The average Bonchev–Trinajstić information content (AvgIpc) is 2.59. The Morgan fingerprint density at radius 2 is 1.91 bits per heavy atom. The Hall–Kier alpha value is -3.14. The number of benzene rings is 1. The maximum absolute atomic E-state index is 11.5. The predicted octanol–water partition coefficient (Wildman–Crippen LogP) is 1.82.